The fourth-order valence-corrected chi connectivity index (χ4v) is 3.25. The maximum atomic E-state index is 10.4. The number of hydrogen-bond donors (Lipinski definition) is 0. The Bertz CT molecular complexity index is 209. The summed E-state index contributed by atoms with van der Waals surface area (Å²) in [7, 11) is 3.50. The van der Waals surface area contributed by atoms with Crippen LogP contribution in [-0.4, -0.2) is 33.7 Å². The van der Waals surface area contributed by atoms with Gasteiger partial charge in [0.1, 0.15) is 6.29 Å². The second-order valence-electron chi connectivity index (χ2n) is 5.26. The molecule has 1 rings (SSSR count). The quantitative estimate of drug-likeness (QED) is 0.627. The number of hydrogen-bond acceptors (Lipinski definition) is 3. The van der Waals surface area contributed by atoms with Gasteiger partial charge in [0.25, 0.3) is 0 Å². The molecule has 0 aromatic heterocycles. The van der Waals surface area contributed by atoms with Crippen molar-refractivity contribution in [3.63, 3.8) is 0 Å². The molecule has 0 spiro atoms. The van der Waals surface area contributed by atoms with Gasteiger partial charge in [0.05, 0.1) is 13.2 Å². The van der Waals surface area contributed by atoms with Gasteiger partial charge in [0, 0.05) is 26.1 Å². The van der Waals surface area contributed by atoms with Gasteiger partial charge in [-0.2, -0.15) is 0 Å². The standard InChI is InChI=1S/C13H24O3/c1-11-7-13(9-15-2,10-16-3)8-12(11)5-4-6-14/h6,11-12H,4-5,7-10H2,1-3H3/t11-,12-/m1/s1. The average molecular weight is 228 g/mol. The highest BCUT2D eigenvalue weighted by Gasteiger charge is 2.43. The molecule has 1 aliphatic carbocycles. The summed E-state index contributed by atoms with van der Waals surface area (Å²) < 4.78 is 10.7. The summed E-state index contributed by atoms with van der Waals surface area (Å²) in [5.41, 5.74) is 0.177. The zero-order valence-electron chi connectivity index (χ0n) is 10.7. The zero-order valence-corrected chi connectivity index (χ0v) is 10.7. The fraction of sp³-hybridized carbons (Fsp3) is 0.923. The monoisotopic (exact) mass is 228 g/mol. The van der Waals surface area contributed by atoms with E-state index < -0.39 is 0 Å². The highest BCUT2D eigenvalue weighted by Crippen LogP contribution is 2.47. The van der Waals surface area contributed by atoms with Gasteiger partial charge in [-0.05, 0) is 31.1 Å². The molecular weight excluding hydrogens is 204 g/mol. The van der Waals surface area contributed by atoms with Crippen LogP contribution in [0.4, 0.5) is 0 Å². The largest absolute Gasteiger partial charge is 0.384 e. The van der Waals surface area contributed by atoms with E-state index in [1.807, 2.05) is 0 Å². The van der Waals surface area contributed by atoms with E-state index in [4.69, 9.17) is 9.47 Å². The van der Waals surface area contributed by atoms with Crippen molar-refractivity contribution < 1.29 is 14.3 Å². The van der Waals surface area contributed by atoms with Crippen LogP contribution in [0.1, 0.15) is 32.6 Å². The Morgan fingerprint density at radius 2 is 1.88 bits per heavy atom. The maximum Gasteiger partial charge on any atom is 0.120 e. The van der Waals surface area contributed by atoms with Crippen LogP contribution in [0.15, 0.2) is 0 Å². The van der Waals surface area contributed by atoms with E-state index in [0.717, 1.165) is 38.8 Å². The molecule has 1 fully saturated rings. The van der Waals surface area contributed by atoms with Crippen LogP contribution in [0.25, 0.3) is 0 Å². The van der Waals surface area contributed by atoms with E-state index in [1.54, 1.807) is 14.2 Å². The number of ether oxygens (including phenoxy) is 2. The smallest absolute Gasteiger partial charge is 0.120 e. The first kappa shape index (κ1) is 13.7. The van der Waals surface area contributed by atoms with Crippen LogP contribution in [0.5, 0.6) is 0 Å². The van der Waals surface area contributed by atoms with Gasteiger partial charge in [-0.15, -0.1) is 0 Å². The van der Waals surface area contributed by atoms with Gasteiger partial charge in [-0.3, -0.25) is 0 Å². The van der Waals surface area contributed by atoms with Crippen LogP contribution in [0.2, 0.25) is 0 Å². The van der Waals surface area contributed by atoms with E-state index in [0.29, 0.717) is 18.3 Å². The Hall–Kier alpha value is -0.410. The van der Waals surface area contributed by atoms with Crippen LogP contribution in [-0.2, 0) is 14.3 Å². The van der Waals surface area contributed by atoms with Crippen molar-refractivity contribution in [1.82, 2.24) is 0 Å². The molecule has 0 aromatic rings. The zero-order chi connectivity index (χ0) is 12.0. The van der Waals surface area contributed by atoms with Crippen molar-refractivity contribution in [2.24, 2.45) is 17.3 Å². The summed E-state index contributed by atoms with van der Waals surface area (Å²) in [4.78, 5) is 10.4. The van der Waals surface area contributed by atoms with Crippen molar-refractivity contribution >= 4 is 6.29 Å². The third-order valence-corrected chi connectivity index (χ3v) is 3.81. The van der Waals surface area contributed by atoms with Crippen LogP contribution in [0.3, 0.4) is 0 Å². The molecule has 0 heterocycles. The minimum Gasteiger partial charge on any atom is -0.384 e. The normalized spacial score (nSPS) is 28.2. The molecule has 3 heteroatoms. The molecule has 2 atom stereocenters. The molecular formula is C13H24O3. The summed E-state index contributed by atoms with van der Waals surface area (Å²) in [6.45, 7) is 3.81. The van der Waals surface area contributed by atoms with E-state index in [9.17, 15) is 4.79 Å². The predicted octanol–water partition coefficient (Wildman–Crippen LogP) is 2.29. The minimum atomic E-state index is 0.177. The van der Waals surface area contributed by atoms with Crippen molar-refractivity contribution in [2.75, 3.05) is 27.4 Å². The summed E-state index contributed by atoms with van der Waals surface area (Å²) in [5.74, 6) is 1.32. The molecule has 94 valence electrons. The Morgan fingerprint density at radius 1 is 1.25 bits per heavy atom. The summed E-state index contributed by atoms with van der Waals surface area (Å²) in [6.07, 6.45) is 5.01. The highest BCUT2D eigenvalue weighted by atomic mass is 16.5. The molecule has 16 heavy (non-hydrogen) atoms. The third-order valence-electron chi connectivity index (χ3n) is 3.81. The molecule has 0 N–H and O–H groups in total. The Labute approximate surface area is 98.5 Å². The van der Waals surface area contributed by atoms with Gasteiger partial charge in [0.2, 0.25) is 0 Å². The van der Waals surface area contributed by atoms with Gasteiger partial charge in [-0.1, -0.05) is 6.92 Å². The summed E-state index contributed by atoms with van der Waals surface area (Å²) >= 11 is 0. The molecule has 3 nitrogen and oxygen atoms in total. The van der Waals surface area contributed by atoms with E-state index in [1.165, 1.54) is 0 Å². The molecule has 1 saturated carbocycles. The molecule has 0 aliphatic heterocycles. The Balaban J connectivity index is 2.58. The Morgan fingerprint density at radius 3 is 2.38 bits per heavy atom. The van der Waals surface area contributed by atoms with Crippen molar-refractivity contribution in [3.8, 4) is 0 Å². The number of methoxy groups -OCH3 is 2. The fourth-order valence-electron chi connectivity index (χ4n) is 3.25. The lowest BCUT2D eigenvalue weighted by Gasteiger charge is -2.27. The molecule has 1 aliphatic rings. The van der Waals surface area contributed by atoms with Crippen molar-refractivity contribution in [2.45, 2.75) is 32.6 Å². The topological polar surface area (TPSA) is 35.5 Å². The summed E-state index contributed by atoms with van der Waals surface area (Å²) in [6, 6.07) is 0. The van der Waals surface area contributed by atoms with Gasteiger partial charge >= 0.3 is 0 Å². The lowest BCUT2D eigenvalue weighted by molar-refractivity contribution is -0.108. The molecule has 0 aromatic carbocycles. The predicted molar refractivity (Wildman–Crippen MR) is 63.4 cm³/mol. The first-order valence-corrected chi connectivity index (χ1v) is 6.09. The van der Waals surface area contributed by atoms with Crippen molar-refractivity contribution in [1.29, 1.82) is 0 Å². The lowest BCUT2D eigenvalue weighted by atomic mass is 9.86. The first-order chi connectivity index (χ1) is 7.67. The Kier molecular flexibility index (Phi) is 5.42. The second kappa shape index (κ2) is 6.36. The van der Waals surface area contributed by atoms with E-state index >= 15 is 0 Å². The maximum absolute atomic E-state index is 10.4. The molecule has 0 bridgehead atoms. The van der Waals surface area contributed by atoms with Crippen LogP contribution in [0, 0.1) is 17.3 Å². The SMILES string of the molecule is COCC1(COC)C[C@@H](CCC=O)[C@H](C)C1. The molecule has 0 amide bonds. The number of carbonyl (C=O) groups is 1. The molecule has 0 unspecified atom stereocenters. The van der Waals surface area contributed by atoms with E-state index in [2.05, 4.69) is 6.92 Å². The second-order valence-corrected chi connectivity index (χ2v) is 5.26. The number of rotatable bonds is 7. The van der Waals surface area contributed by atoms with E-state index in [-0.39, 0.29) is 5.41 Å². The average Bonchev–Trinajstić information content (AvgIpc) is 2.53. The third kappa shape index (κ3) is 3.29. The first-order valence-electron chi connectivity index (χ1n) is 6.09. The van der Waals surface area contributed by atoms with Gasteiger partial charge in [0.15, 0.2) is 0 Å². The molecule has 0 saturated heterocycles. The van der Waals surface area contributed by atoms with Gasteiger partial charge in [-0.25, -0.2) is 0 Å². The van der Waals surface area contributed by atoms with Crippen molar-refractivity contribution in [3.05, 3.63) is 0 Å². The van der Waals surface area contributed by atoms with Gasteiger partial charge < -0.3 is 14.3 Å². The lowest BCUT2D eigenvalue weighted by Crippen LogP contribution is -2.29. The summed E-state index contributed by atoms with van der Waals surface area (Å²) in [5, 5.41) is 0. The van der Waals surface area contributed by atoms with Crippen LogP contribution < -0.4 is 0 Å². The molecule has 0 radical (unpaired) electrons. The minimum absolute atomic E-state index is 0.177. The number of aldehydes is 1. The van der Waals surface area contributed by atoms with Crippen LogP contribution >= 0.6 is 0 Å². The highest BCUT2D eigenvalue weighted by molar-refractivity contribution is 5.49. The number of carbonyl (C=O) groups excluding carboxylic acids is 1.